The van der Waals surface area contributed by atoms with Gasteiger partial charge in [0.2, 0.25) is 0 Å². The van der Waals surface area contributed by atoms with E-state index < -0.39 is 34.0 Å². The average Bonchev–Trinajstić information content (AvgIpc) is 2.88. The molecule has 1 saturated heterocycles. The lowest BCUT2D eigenvalue weighted by Crippen LogP contribution is -2.60. The molecule has 0 radical (unpaired) electrons. The molecule has 1 amide bonds. The predicted molar refractivity (Wildman–Crippen MR) is 86.7 cm³/mol. The second-order valence-electron chi connectivity index (χ2n) is 7.00. The largest absolute Gasteiger partial charge is 0.488 e. The Kier molecular flexibility index (Phi) is 4.61. The summed E-state index contributed by atoms with van der Waals surface area (Å²) in [6, 6.07) is 5.35. The first-order valence-corrected chi connectivity index (χ1v) is 7.64. The van der Waals surface area contributed by atoms with Crippen molar-refractivity contribution in [2.75, 3.05) is 6.54 Å². The second kappa shape index (κ2) is 6.23. The maximum absolute atomic E-state index is 12.0. The summed E-state index contributed by atoms with van der Waals surface area (Å²) in [4.78, 5) is 34.6. The summed E-state index contributed by atoms with van der Waals surface area (Å²) in [6.07, 6.45) is -2.02. The monoisotopic (exact) mass is 352 g/mol. The maximum atomic E-state index is 12.0. The van der Waals surface area contributed by atoms with Gasteiger partial charge >= 0.3 is 12.1 Å². The number of nitro benzene ring substituents is 1. The summed E-state index contributed by atoms with van der Waals surface area (Å²) in [6.45, 7) is 4.91. The minimum Gasteiger partial charge on any atom is -0.488 e. The molecule has 0 aliphatic carbocycles. The summed E-state index contributed by atoms with van der Waals surface area (Å²) in [7, 11) is 0. The molecule has 136 valence electrons. The van der Waals surface area contributed by atoms with Crippen molar-refractivity contribution in [1.29, 1.82) is 0 Å². The Morgan fingerprint density at radius 1 is 1.28 bits per heavy atom. The fraction of sp³-hybridized carbons (Fsp3) is 0.500. The molecule has 1 aliphatic heterocycles. The summed E-state index contributed by atoms with van der Waals surface area (Å²) in [5.74, 6) is -0.909. The second-order valence-corrected chi connectivity index (χ2v) is 7.00. The molecule has 2 atom stereocenters. The van der Waals surface area contributed by atoms with Crippen LogP contribution in [0, 0.1) is 15.5 Å². The minimum absolute atomic E-state index is 0.0187. The molecule has 9 nitrogen and oxygen atoms in total. The summed E-state index contributed by atoms with van der Waals surface area (Å²) >= 11 is 0. The molecule has 0 unspecified atom stereocenters. The van der Waals surface area contributed by atoms with Crippen LogP contribution in [0.5, 0.6) is 5.75 Å². The molecule has 0 spiro atoms. The zero-order valence-corrected chi connectivity index (χ0v) is 14.1. The number of rotatable bonds is 4. The number of likely N-dealkylation sites (tertiary alicyclic amines) is 1. The van der Waals surface area contributed by atoms with Gasteiger partial charge in [-0.1, -0.05) is 20.8 Å². The molecule has 1 aromatic rings. The van der Waals surface area contributed by atoms with Crippen LogP contribution in [0.2, 0.25) is 0 Å². The van der Waals surface area contributed by atoms with Gasteiger partial charge in [0.1, 0.15) is 11.9 Å². The fourth-order valence-corrected chi connectivity index (χ4v) is 3.26. The molecule has 0 bridgehead atoms. The van der Waals surface area contributed by atoms with Crippen LogP contribution >= 0.6 is 0 Å². The number of non-ortho nitro benzene ring substituents is 1. The number of carboxylic acid groups (broad SMARTS) is 2. The number of nitro groups is 1. The number of nitrogens with zero attached hydrogens (tertiary/aromatic N) is 2. The lowest BCUT2D eigenvalue weighted by Gasteiger charge is -2.42. The molecular weight excluding hydrogens is 332 g/mol. The van der Waals surface area contributed by atoms with Crippen molar-refractivity contribution in [1.82, 2.24) is 4.90 Å². The molecule has 9 heteroatoms. The molecule has 1 fully saturated rings. The van der Waals surface area contributed by atoms with E-state index in [-0.39, 0.29) is 18.7 Å². The van der Waals surface area contributed by atoms with Gasteiger partial charge in [-0.2, -0.15) is 0 Å². The first kappa shape index (κ1) is 18.5. The van der Waals surface area contributed by atoms with Crippen LogP contribution in [0.4, 0.5) is 10.5 Å². The Balaban J connectivity index is 2.29. The van der Waals surface area contributed by atoms with Crippen LogP contribution in [0.1, 0.15) is 27.2 Å². The summed E-state index contributed by atoms with van der Waals surface area (Å²) in [5.41, 5.74) is -2.57. The van der Waals surface area contributed by atoms with E-state index in [0.717, 1.165) is 4.90 Å². The number of hydrogen-bond donors (Lipinski definition) is 2. The molecule has 2 rings (SSSR count). The number of carbonyl (C=O) groups is 2. The number of benzene rings is 1. The number of aliphatic carboxylic acids is 1. The molecule has 1 heterocycles. The van der Waals surface area contributed by atoms with Gasteiger partial charge < -0.3 is 14.9 Å². The van der Waals surface area contributed by atoms with Crippen LogP contribution in [-0.4, -0.2) is 50.3 Å². The predicted octanol–water partition coefficient (Wildman–Crippen LogP) is 2.60. The summed E-state index contributed by atoms with van der Waals surface area (Å²) < 4.78 is 5.70. The minimum atomic E-state index is -1.62. The summed E-state index contributed by atoms with van der Waals surface area (Å²) in [5, 5.41) is 29.9. The first-order chi connectivity index (χ1) is 11.5. The number of hydrogen-bond acceptors (Lipinski definition) is 5. The van der Waals surface area contributed by atoms with Gasteiger partial charge in [-0.05, 0) is 17.5 Å². The van der Waals surface area contributed by atoms with Crippen molar-refractivity contribution < 1.29 is 29.5 Å². The van der Waals surface area contributed by atoms with E-state index in [0.29, 0.717) is 5.75 Å². The molecule has 2 N–H and O–H groups in total. The topological polar surface area (TPSA) is 130 Å². The third kappa shape index (κ3) is 3.21. The third-order valence-electron chi connectivity index (χ3n) is 4.55. The zero-order chi connectivity index (χ0) is 19.0. The molecule has 0 saturated carbocycles. The van der Waals surface area contributed by atoms with E-state index in [1.54, 1.807) is 20.8 Å². The van der Waals surface area contributed by atoms with E-state index >= 15 is 0 Å². The van der Waals surface area contributed by atoms with Crippen molar-refractivity contribution in [3.05, 3.63) is 34.4 Å². The van der Waals surface area contributed by atoms with Crippen LogP contribution in [0.25, 0.3) is 0 Å². The Bertz CT molecular complexity index is 695. The van der Waals surface area contributed by atoms with Crippen molar-refractivity contribution in [3.63, 3.8) is 0 Å². The van der Waals surface area contributed by atoms with Gasteiger partial charge in [-0.25, -0.2) is 9.59 Å². The SMILES string of the molecule is CC(C)(C)[C@@]1(C(=O)O)C[C@H](Oc2ccc([N+](=O)[O-])cc2)CN1C(=O)O. The molecule has 1 aromatic carbocycles. The van der Waals surface area contributed by atoms with Gasteiger partial charge in [-0.15, -0.1) is 0 Å². The lowest BCUT2D eigenvalue weighted by atomic mass is 9.71. The van der Waals surface area contributed by atoms with E-state index in [2.05, 4.69) is 0 Å². The first-order valence-electron chi connectivity index (χ1n) is 7.64. The van der Waals surface area contributed by atoms with Crippen molar-refractivity contribution >= 4 is 17.7 Å². The Labute approximate surface area is 144 Å². The molecule has 0 aromatic heterocycles. The molecule has 25 heavy (non-hydrogen) atoms. The van der Waals surface area contributed by atoms with Gasteiger partial charge in [0.15, 0.2) is 5.54 Å². The Hall–Kier alpha value is -2.84. The standard InChI is InChI=1S/C16H20N2O7/c1-15(2,3)16(13(19)20)8-12(9-17(16)14(21)22)25-11-6-4-10(5-7-11)18(23)24/h4-7,12H,8-9H2,1-3H3,(H,19,20)(H,21,22)/t12-,16-/m0/s1. The van der Waals surface area contributed by atoms with Crippen LogP contribution in [0.15, 0.2) is 24.3 Å². The van der Waals surface area contributed by atoms with Crippen LogP contribution < -0.4 is 4.74 Å². The third-order valence-corrected chi connectivity index (χ3v) is 4.55. The highest BCUT2D eigenvalue weighted by Gasteiger charge is 2.61. The van der Waals surface area contributed by atoms with Gasteiger partial charge in [-0.3, -0.25) is 15.0 Å². The highest BCUT2D eigenvalue weighted by atomic mass is 16.6. The fourth-order valence-electron chi connectivity index (χ4n) is 3.26. The van der Waals surface area contributed by atoms with Crippen molar-refractivity contribution in [2.24, 2.45) is 5.41 Å². The number of ether oxygens (including phenoxy) is 1. The lowest BCUT2D eigenvalue weighted by molar-refractivity contribution is -0.384. The number of carboxylic acids is 1. The van der Waals surface area contributed by atoms with E-state index in [1.807, 2.05) is 0 Å². The highest BCUT2D eigenvalue weighted by Crippen LogP contribution is 2.45. The van der Waals surface area contributed by atoms with Crippen molar-refractivity contribution in [3.8, 4) is 5.75 Å². The molecule has 1 aliphatic rings. The van der Waals surface area contributed by atoms with E-state index in [9.17, 15) is 29.9 Å². The molecular formula is C16H20N2O7. The normalized spacial score (nSPS) is 23.3. The van der Waals surface area contributed by atoms with Crippen LogP contribution in [0.3, 0.4) is 0 Å². The quantitative estimate of drug-likeness (QED) is 0.629. The van der Waals surface area contributed by atoms with E-state index in [1.165, 1.54) is 24.3 Å². The maximum Gasteiger partial charge on any atom is 0.408 e. The zero-order valence-electron chi connectivity index (χ0n) is 14.1. The number of amides is 1. The van der Waals surface area contributed by atoms with E-state index in [4.69, 9.17) is 4.74 Å². The average molecular weight is 352 g/mol. The van der Waals surface area contributed by atoms with Gasteiger partial charge in [0.05, 0.1) is 11.5 Å². The van der Waals surface area contributed by atoms with Crippen LogP contribution in [-0.2, 0) is 4.79 Å². The smallest absolute Gasteiger partial charge is 0.408 e. The van der Waals surface area contributed by atoms with Gasteiger partial charge in [0, 0.05) is 18.6 Å². The van der Waals surface area contributed by atoms with Crippen molar-refractivity contribution in [2.45, 2.75) is 38.8 Å². The highest BCUT2D eigenvalue weighted by molar-refractivity contribution is 5.86. The Morgan fingerprint density at radius 3 is 2.20 bits per heavy atom. The van der Waals surface area contributed by atoms with Gasteiger partial charge in [0.25, 0.3) is 5.69 Å². The Morgan fingerprint density at radius 2 is 1.84 bits per heavy atom.